The zero-order valence-electron chi connectivity index (χ0n) is 9.09. The third-order valence-electron chi connectivity index (χ3n) is 3.81. The number of carboxylic acid groups (broad SMARTS) is 1. The molecule has 0 atom stereocenters. The van der Waals surface area contributed by atoms with Crippen molar-refractivity contribution in [3.05, 3.63) is 11.8 Å². The van der Waals surface area contributed by atoms with Gasteiger partial charge >= 0.3 is 6.09 Å². The predicted molar refractivity (Wildman–Crippen MR) is 58.6 cm³/mol. The van der Waals surface area contributed by atoms with Gasteiger partial charge in [-0.3, -0.25) is 5.32 Å². The maximum atomic E-state index is 10.6. The first-order valence-corrected chi connectivity index (χ1v) is 5.89. The molecule has 1 spiro atoms. The van der Waals surface area contributed by atoms with E-state index in [1.807, 2.05) is 6.08 Å². The highest BCUT2D eigenvalue weighted by Gasteiger charge is 2.34. The summed E-state index contributed by atoms with van der Waals surface area (Å²) in [5.74, 6) is 0. The molecule has 0 bridgehead atoms. The van der Waals surface area contributed by atoms with Crippen LogP contribution in [-0.2, 0) is 0 Å². The highest BCUT2D eigenvalue weighted by atomic mass is 16.4. The van der Waals surface area contributed by atoms with Gasteiger partial charge in [-0.15, -0.1) is 0 Å². The van der Waals surface area contributed by atoms with Gasteiger partial charge in [0.15, 0.2) is 0 Å². The lowest BCUT2D eigenvalue weighted by Gasteiger charge is -2.40. The number of carbonyl (C=O) groups is 1. The molecule has 1 amide bonds. The maximum absolute atomic E-state index is 10.6. The molecule has 0 heterocycles. The first-order chi connectivity index (χ1) is 7.20. The van der Waals surface area contributed by atoms with Crippen LogP contribution in [0.15, 0.2) is 11.8 Å². The molecule has 3 heteroatoms. The molecule has 0 aromatic heterocycles. The van der Waals surface area contributed by atoms with Crippen LogP contribution in [0.4, 0.5) is 4.79 Å². The fraction of sp³-hybridized carbons (Fsp3) is 0.750. The first-order valence-electron chi connectivity index (χ1n) is 5.89. The molecule has 0 aliphatic heterocycles. The van der Waals surface area contributed by atoms with Crippen molar-refractivity contribution in [2.75, 3.05) is 0 Å². The molecule has 84 valence electrons. The second-order valence-corrected chi connectivity index (χ2v) is 4.94. The van der Waals surface area contributed by atoms with E-state index in [4.69, 9.17) is 5.11 Å². The van der Waals surface area contributed by atoms with Crippen molar-refractivity contribution in [1.82, 2.24) is 5.32 Å². The number of hydrogen-bond donors (Lipinski definition) is 2. The summed E-state index contributed by atoms with van der Waals surface area (Å²) in [6.45, 7) is 0. The van der Waals surface area contributed by atoms with Crippen LogP contribution in [0.2, 0.25) is 0 Å². The molecule has 3 nitrogen and oxygen atoms in total. The largest absolute Gasteiger partial charge is 0.465 e. The Balaban J connectivity index is 2.00. The van der Waals surface area contributed by atoms with E-state index in [1.165, 1.54) is 38.5 Å². The number of hydrogen-bond acceptors (Lipinski definition) is 1. The molecule has 2 aliphatic rings. The lowest BCUT2D eigenvalue weighted by atomic mass is 9.66. The Kier molecular flexibility index (Phi) is 2.98. The molecule has 0 radical (unpaired) electrons. The molecule has 2 N–H and O–H groups in total. The van der Waals surface area contributed by atoms with Crippen molar-refractivity contribution in [1.29, 1.82) is 0 Å². The van der Waals surface area contributed by atoms with Gasteiger partial charge in [-0.2, -0.15) is 0 Å². The molecular formula is C12H19NO2. The zero-order chi connectivity index (χ0) is 10.7. The van der Waals surface area contributed by atoms with Gasteiger partial charge < -0.3 is 5.11 Å². The summed E-state index contributed by atoms with van der Waals surface area (Å²) in [4.78, 5) is 10.6. The van der Waals surface area contributed by atoms with Crippen LogP contribution in [0.1, 0.15) is 51.4 Å². The minimum Gasteiger partial charge on any atom is -0.465 e. The fourth-order valence-corrected chi connectivity index (χ4v) is 3.08. The third kappa shape index (κ3) is 2.52. The monoisotopic (exact) mass is 209 g/mol. The average Bonchev–Trinajstić information content (AvgIpc) is 2.17. The fourth-order valence-electron chi connectivity index (χ4n) is 3.08. The Morgan fingerprint density at radius 1 is 1.27 bits per heavy atom. The number of nitrogens with one attached hydrogen (secondary N) is 1. The first kappa shape index (κ1) is 10.5. The summed E-state index contributed by atoms with van der Waals surface area (Å²) in [6.07, 6.45) is 10.9. The molecular weight excluding hydrogens is 190 g/mol. The Labute approximate surface area is 90.6 Å². The Morgan fingerprint density at radius 3 is 2.67 bits per heavy atom. The van der Waals surface area contributed by atoms with Crippen molar-refractivity contribution in [2.24, 2.45) is 5.41 Å². The van der Waals surface area contributed by atoms with Gasteiger partial charge in [-0.25, -0.2) is 4.79 Å². The summed E-state index contributed by atoms with van der Waals surface area (Å²) in [5.41, 5.74) is 1.35. The highest BCUT2D eigenvalue weighted by molar-refractivity contribution is 5.67. The predicted octanol–water partition coefficient (Wildman–Crippen LogP) is 3.27. The van der Waals surface area contributed by atoms with Crippen LogP contribution in [0.5, 0.6) is 0 Å². The molecule has 2 rings (SSSR count). The summed E-state index contributed by atoms with van der Waals surface area (Å²) in [5, 5.41) is 11.2. The Bertz CT molecular complexity index is 277. The van der Waals surface area contributed by atoms with Gasteiger partial charge in [0, 0.05) is 5.70 Å². The Hall–Kier alpha value is -0.990. The van der Waals surface area contributed by atoms with Gasteiger partial charge in [-0.05, 0) is 37.5 Å². The van der Waals surface area contributed by atoms with Crippen molar-refractivity contribution in [3.63, 3.8) is 0 Å². The van der Waals surface area contributed by atoms with Crippen molar-refractivity contribution in [2.45, 2.75) is 51.4 Å². The van der Waals surface area contributed by atoms with E-state index in [0.717, 1.165) is 18.5 Å². The lowest BCUT2D eigenvalue weighted by Crippen LogP contribution is -2.32. The van der Waals surface area contributed by atoms with Gasteiger partial charge in [0.05, 0.1) is 0 Å². The minimum absolute atomic E-state index is 0.421. The molecule has 1 fully saturated rings. The van der Waals surface area contributed by atoms with Crippen LogP contribution < -0.4 is 5.32 Å². The topological polar surface area (TPSA) is 49.3 Å². The summed E-state index contributed by atoms with van der Waals surface area (Å²) in [6, 6.07) is 0. The van der Waals surface area contributed by atoms with Gasteiger partial charge in [0.2, 0.25) is 0 Å². The quantitative estimate of drug-likeness (QED) is 0.696. The van der Waals surface area contributed by atoms with Gasteiger partial charge in [-0.1, -0.05) is 25.3 Å². The molecule has 0 unspecified atom stereocenters. The van der Waals surface area contributed by atoms with Crippen molar-refractivity contribution >= 4 is 6.09 Å². The van der Waals surface area contributed by atoms with Gasteiger partial charge in [0.25, 0.3) is 0 Å². The summed E-state index contributed by atoms with van der Waals surface area (Å²) < 4.78 is 0. The van der Waals surface area contributed by atoms with Crippen LogP contribution in [0, 0.1) is 5.41 Å². The highest BCUT2D eigenvalue weighted by Crippen LogP contribution is 2.46. The zero-order valence-corrected chi connectivity index (χ0v) is 9.09. The van der Waals surface area contributed by atoms with E-state index < -0.39 is 6.09 Å². The second-order valence-electron chi connectivity index (χ2n) is 4.94. The molecule has 15 heavy (non-hydrogen) atoms. The molecule has 2 aliphatic carbocycles. The van der Waals surface area contributed by atoms with Crippen LogP contribution >= 0.6 is 0 Å². The van der Waals surface area contributed by atoms with Crippen molar-refractivity contribution in [3.8, 4) is 0 Å². The maximum Gasteiger partial charge on any atom is 0.408 e. The lowest BCUT2D eigenvalue weighted by molar-refractivity contribution is 0.158. The second kappa shape index (κ2) is 4.25. The van der Waals surface area contributed by atoms with Gasteiger partial charge in [0.1, 0.15) is 0 Å². The SMILES string of the molecule is O=C(O)NC1=CCCC2(CCCCC2)C1. The van der Waals surface area contributed by atoms with Crippen LogP contribution in [0.3, 0.4) is 0 Å². The molecule has 0 aromatic rings. The van der Waals surface area contributed by atoms with Crippen molar-refractivity contribution < 1.29 is 9.90 Å². The number of amides is 1. The molecule has 1 saturated carbocycles. The third-order valence-corrected chi connectivity index (χ3v) is 3.81. The number of rotatable bonds is 1. The smallest absolute Gasteiger partial charge is 0.408 e. The normalized spacial score (nSPS) is 24.7. The minimum atomic E-state index is -0.922. The van der Waals surface area contributed by atoms with E-state index in [9.17, 15) is 4.79 Å². The van der Waals surface area contributed by atoms with E-state index in [-0.39, 0.29) is 0 Å². The molecule has 0 saturated heterocycles. The van der Waals surface area contributed by atoms with E-state index in [0.29, 0.717) is 5.41 Å². The number of allylic oxidation sites excluding steroid dienone is 2. The summed E-state index contributed by atoms with van der Waals surface area (Å²) >= 11 is 0. The van der Waals surface area contributed by atoms with Crippen LogP contribution in [-0.4, -0.2) is 11.2 Å². The van der Waals surface area contributed by atoms with E-state index in [1.54, 1.807) is 0 Å². The van der Waals surface area contributed by atoms with Crippen LogP contribution in [0.25, 0.3) is 0 Å². The summed E-state index contributed by atoms with van der Waals surface area (Å²) in [7, 11) is 0. The molecule has 0 aromatic carbocycles. The van der Waals surface area contributed by atoms with E-state index in [2.05, 4.69) is 5.32 Å². The van der Waals surface area contributed by atoms with E-state index >= 15 is 0 Å². The standard InChI is InChI=1S/C12H19NO2/c14-11(15)13-10-5-4-8-12(9-10)6-2-1-3-7-12/h5,13H,1-4,6-9H2,(H,14,15). The average molecular weight is 209 g/mol. The Morgan fingerprint density at radius 2 is 2.00 bits per heavy atom.